The fourth-order valence-corrected chi connectivity index (χ4v) is 4.07. The minimum atomic E-state index is -0.675. The van der Waals surface area contributed by atoms with E-state index in [1.807, 2.05) is 54.6 Å². The van der Waals surface area contributed by atoms with Crippen LogP contribution in [-0.2, 0) is 9.53 Å². The number of hydrogen-bond acceptors (Lipinski definition) is 4. The van der Waals surface area contributed by atoms with Crippen LogP contribution in [0.3, 0.4) is 0 Å². The van der Waals surface area contributed by atoms with Crippen molar-refractivity contribution in [3.05, 3.63) is 71.3 Å². The number of ether oxygens (including phenoxy) is 2. The molecule has 1 saturated carbocycles. The van der Waals surface area contributed by atoms with Gasteiger partial charge in [0.15, 0.2) is 0 Å². The topological polar surface area (TPSA) is 76.7 Å². The van der Waals surface area contributed by atoms with E-state index in [2.05, 4.69) is 10.6 Å². The van der Waals surface area contributed by atoms with Crippen molar-refractivity contribution in [3.8, 4) is 5.75 Å². The lowest BCUT2D eigenvalue weighted by molar-refractivity contribution is -0.138. The quantitative estimate of drug-likeness (QED) is 0.700. The van der Waals surface area contributed by atoms with E-state index in [4.69, 9.17) is 9.47 Å². The molecule has 2 amide bonds. The number of benzene rings is 2. The third-order valence-electron chi connectivity index (χ3n) is 5.46. The summed E-state index contributed by atoms with van der Waals surface area (Å²) in [5.41, 5.74) is 2.31. The summed E-state index contributed by atoms with van der Waals surface area (Å²) in [5.74, 6) is 0.218. The molecule has 30 heavy (non-hydrogen) atoms. The van der Waals surface area contributed by atoms with Gasteiger partial charge in [0.25, 0.3) is 0 Å². The molecule has 2 N–H and O–H groups in total. The highest BCUT2D eigenvalue weighted by atomic mass is 16.5. The SMILES string of the molecule is CCOC(=O)C1=C(c2ccccc2)NC(=O)N[C@H]1c1ccccc1OC1CCCC1. The van der Waals surface area contributed by atoms with Crippen LogP contribution in [0.25, 0.3) is 5.70 Å². The Balaban J connectivity index is 1.81. The van der Waals surface area contributed by atoms with Crippen LogP contribution in [0.1, 0.15) is 49.8 Å². The monoisotopic (exact) mass is 406 g/mol. The molecule has 6 nitrogen and oxygen atoms in total. The molecule has 2 aromatic carbocycles. The molecule has 1 heterocycles. The number of amides is 2. The maximum absolute atomic E-state index is 13.0. The molecule has 0 bridgehead atoms. The molecule has 1 fully saturated rings. The van der Waals surface area contributed by atoms with E-state index in [1.165, 1.54) is 0 Å². The number of nitrogens with one attached hydrogen (secondary N) is 2. The second-order valence-corrected chi connectivity index (χ2v) is 7.47. The number of carbonyl (C=O) groups is 2. The largest absolute Gasteiger partial charge is 0.490 e. The predicted octanol–water partition coefficient (Wildman–Crippen LogP) is 4.34. The molecule has 1 atom stereocenters. The Bertz CT molecular complexity index is 949. The van der Waals surface area contributed by atoms with Gasteiger partial charge in [-0.15, -0.1) is 0 Å². The zero-order valence-corrected chi connectivity index (χ0v) is 17.0. The molecule has 0 aromatic heterocycles. The summed E-state index contributed by atoms with van der Waals surface area (Å²) in [6, 6.07) is 15.9. The molecule has 4 rings (SSSR count). The first-order chi connectivity index (χ1) is 14.7. The van der Waals surface area contributed by atoms with Gasteiger partial charge in [-0.1, -0.05) is 48.5 Å². The average molecular weight is 406 g/mol. The van der Waals surface area contributed by atoms with E-state index in [-0.39, 0.29) is 18.7 Å². The Hall–Kier alpha value is -3.28. The Labute approximate surface area is 176 Å². The van der Waals surface area contributed by atoms with E-state index in [0.717, 1.165) is 36.8 Å². The van der Waals surface area contributed by atoms with Crippen molar-refractivity contribution in [2.24, 2.45) is 0 Å². The first-order valence-corrected chi connectivity index (χ1v) is 10.5. The van der Waals surface area contributed by atoms with Crippen LogP contribution in [0.2, 0.25) is 0 Å². The summed E-state index contributed by atoms with van der Waals surface area (Å²) in [6.45, 7) is 2.01. The van der Waals surface area contributed by atoms with Gasteiger partial charge in [0.2, 0.25) is 0 Å². The van der Waals surface area contributed by atoms with Crippen LogP contribution in [0.4, 0.5) is 4.79 Å². The van der Waals surface area contributed by atoms with Crippen molar-refractivity contribution in [2.45, 2.75) is 44.8 Å². The van der Waals surface area contributed by atoms with Crippen molar-refractivity contribution in [3.63, 3.8) is 0 Å². The Morgan fingerprint density at radius 3 is 2.47 bits per heavy atom. The summed E-state index contributed by atoms with van der Waals surface area (Å²) in [6.07, 6.45) is 4.50. The van der Waals surface area contributed by atoms with Crippen LogP contribution in [0.5, 0.6) is 5.75 Å². The normalized spacial score (nSPS) is 19.2. The molecule has 0 unspecified atom stereocenters. The fourth-order valence-electron chi connectivity index (χ4n) is 4.07. The van der Waals surface area contributed by atoms with E-state index in [9.17, 15) is 9.59 Å². The molecule has 1 aliphatic heterocycles. The average Bonchev–Trinajstić information content (AvgIpc) is 3.27. The van der Waals surface area contributed by atoms with Gasteiger partial charge < -0.3 is 20.1 Å². The number of rotatable bonds is 6. The van der Waals surface area contributed by atoms with E-state index in [0.29, 0.717) is 17.0 Å². The zero-order valence-electron chi connectivity index (χ0n) is 17.0. The van der Waals surface area contributed by atoms with Crippen molar-refractivity contribution >= 4 is 17.7 Å². The van der Waals surface area contributed by atoms with Gasteiger partial charge in [-0.3, -0.25) is 0 Å². The third kappa shape index (κ3) is 4.17. The predicted molar refractivity (Wildman–Crippen MR) is 114 cm³/mol. The second kappa shape index (κ2) is 9.03. The van der Waals surface area contributed by atoms with Gasteiger partial charge in [0.1, 0.15) is 5.75 Å². The summed E-state index contributed by atoms with van der Waals surface area (Å²) < 4.78 is 11.6. The number of hydrogen-bond donors (Lipinski definition) is 2. The van der Waals surface area contributed by atoms with Gasteiger partial charge in [-0.2, -0.15) is 0 Å². The van der Waals surface area contributed by atoms with Gasteiger partial charge in [0.05, 0.1) is 30.0 Å². The number of para-hydroxylation sites is 1. The maximum Gasteiger partial charge on any atom is 0.338 e. The van der Waals surface area contributed by atoms with Crippen molar-refractivity contribution < 1.29 is 19.1 Å². The van der Waals surface area contributed by atoms with Crippen LogP contribution < -0.4 is 15.4 Å². The molecule has 1 aliphatic carbocycles. The molecule has 156 valence electrons. The minimum Gasteiger partial charge on any atom is -0.490 e. The lowest BCUT2D eigenvalue weighted by atomic mass is 9.92. The third-order valence-corrected chi connectivity index (χ3v) is 5.46. The lowest BCUT2D eigenvalue weighted by Gasteiger charge is -2.31. The number of urea groups is 1. The van der Waals surface area contributed by atoms with Crippen molar-refractivity contribution in [1.29, 1.82) is 0 Å². The zero-order chi connectivity index (χ0) is 20.9. The van der Waals surface area contributed by atoms with Crippen LogP contribution in [0.15, 0.2) is 60.2 Å². The molecule has 2 aromatic rings. The van der Waals surface area contributed by atoms with Gasteiger partial charge in [-0.05, 0) is 44.2 Å². The molecule has 0 radical (unpaired) electrons. The summed E-state index contributed by atoms with van der Waals surface area (Å²) in [5, 5.41) is 5.70. The summed E-state index contributed by atoms with van der Waals surface area (Å²) >= 11 is 0. The van der Waals surface area contributed by atoms with Crippen LogP contribution in [0, 0.1) is 0 Å². The van der Waals surface area contributed by atoms with Crippen LogP contribution in [-0.4, -0.2) is 24.7 Å². The van der Waals surface area contributed by atoms with E-state index >= 15 is 0 Å². The van der Waals surface area contributed by atoms with E-state index < -0.39 is 12.0 Å². The van der Waals surface area contributed by atoms with Crippen LogP contribution >= 0.6 is 0 Å². The highest BCUT2D eigenvalue weighted by Gasteiger charge is 2.36. The highest BCUT2D eigenvalue weighted by molar-refractivity contribution is 6.04. The van der Waals surface area contributed by atoms with Gasteiger partial charge in [0, 0.05) is 5.56 Å². The number of esters is 1. The Kier molecular flexibility index (Phi) is 6.02. The molecular formula is C24H26N2O4. The first kappa shape index (κ1) is 20.0. The summed E-state index contributed by atoms with van der Waals surface area (Å²) in [7, 11) is 0. The molecule has 0 saturated heterocycles. The molecule has 2 aliphatic rings. The summed E-state index contributed by atoms with van der Waals surface area (Å²) in [4.78, 5) is 25.6. The maximum atomic E-state index is 13.0. The standard InChI is InChI=1S/C24H26N2O4/c1-2-29-23(27)20-21(16-10-4-3-5-11-16)25-24(28)26-22(20)18-14-8-9-15-19(18)30-17-12-6-7-13-17/h3-5,8-11,14-15,17,22H,2,6-7,12-13H2,1H3,(H2,25,26,28)/t22-/m0/s1. The molecular weight excluding hydrogens is 380 g/mol. The molecule has 6 heteroatoms. The van der Waals surface area contributed by atoms with Gasteiger partial charge in [-0.25, -0.2) is 9.59 Å². The van der Waals surface area contributed by atoms with Crippen molar-refractivity contribution in [2.75, 3.05) is 6.61 Å². The number of carbonyl (C=O) groups excluding carboxylic acids is 2. The van der Waals surface area contributed by atoms with Crippen molar-refractivity contribution in [1.82, 2.24) is 10.6 Å². The first-order valence-electron chi connectivity index (χ1n) is 10.5. The van der Waals surface area contributed by atoms with E-state index in [1.54, 1.807) is 6.92 Å². The smallest absolute Gasteiger partial charge is 0.338 e. The highest BCUT2D eigenvalue weighted by Crippen LogP contribution is 2.37. The molecule has 0 spiro atoms. The minimum absolute atomic E-state index is 0.159. The lowest BCUT2D eigenvalue weighted by Crippen LogP contribution is -2.45. The Morgan fingerprint density at radius 1 is 1.03 bits per heavy atom. The van der Waals surface area contributed by atoms with Gasteiger partial charge >= 0.3 is 12.0 Å². The fraction of sp³-hybridized carbons (Fsp3) is 0.333. The Morgan fingerprint density at radius 2 is 1.73 bits per heavy atom. The second-order valence-electron chi connectivity index (χ2n) is 7.47.